The molecule has 0 aliphatic rings. The Balaban J connectivity index is 2.66. The Morgan fingerprint density at radius 1 is 1.08 bits per heavy atom. The first-order valence-electron chi connectivity index (χ1n) is 6.10. The molecular weight excluding hydrogens is 454 g/mol. The van der Waals surface area contributed by atoms with Gasteiger partial charge in [0.25, 0.3) is 9.84 Å². The van der Waals surface area contributed by atoms with Crippen molar-refractivity contribution in [2.45, 2.75) is 22.0 Å². The van der Waals surface area contributed by atoms with Gasteiger partial charge in [0.15, 0.2) is 5.03 Å². The van der Waals surface area contributed by atoms with E-state index in [-0.39, 0.29) is 11.5 Å². The lowest BCUT2D eigenvalue weighted by Gasteiger charge is -2.13. The van der Waals surface area contributed by atoms with Crippen LogP contribution in [0.15, 0.2) is 23.4 Å². The molecule has 0 saturated heterocycles. The van der Waals surface area contributed by atoms with E-state index >= 15 is 0 Å². The zero-order valence-electron chi connectivity index (χ0n) is 11.9. The number of aromatic nitrogens is 2. The van der Waals surface area contributed by atoms with Crippen molar-refractivity contribution in [3.63, 3.8) is 0 Å². The maximum atomic E-state index is 13.5. The molecule has 1 aromatic carbocycles. The molecule has 0 atom stereocenters. The molecule has 0 bridgehead atoms. The van der Waals surface area contributed by atoms with E-state index in [9.17, 15) is 26.0 Å². The molecule has 0 aliphatic carbocycles. The first-order chi connectivity index (χ1) is 11.2. The van der Waals surface area contributed by atoms with Crippen LogP contribution in [0.5, 0.6) is 0 Å². The van der Waals surface area contributed by atoms with Gasteiger partial charge >= 0.3 is 10.1 Å². The molecule has 0 amide bonds. The van der Waals surface area contributed by atoms with Crippen molar-refractivity contribution in [2.75, 3.05) is 0 Å². The Kier molecular flexibility index (Phi) is 5.31. The SMILES string of the molecule is Cc1nc(S(=O)(=O)C(F)(Cl)Cl)cn1-c1c(Cl)cc(C(F)(F)F)cc1Cl. The van der Waals surface area contributed by atoms with E-state index in [1.54, 1.807) is 0 Å². The summed E-state index contributed by atoms with van der Waals surface area (Å²) < 4.78 is 72.8. The van der Waals surface area contributed by atoms with Crippen molar-refractivity contribution in [1.82, 2.24) is 9.55 Å². The normalized spacial score (nSPS) is 13.3. The smallest absolute Gasteiger partial charge is 0.300 e. The van der Waals surface area contributed by atoms with Crippen LogP contribution in [-0.2, 0) is 16.0 Å². The summed E-state index contributed by atoms with van der Waals surface area (Å²) in [5.41, 5.74) is -1.27. The largest absolute Gasteiger partial charge is 0.416 e. The Bertz CT molecular complexity index is 913. The quantitative estimate of drug-likeness (QED) is 0.460. The van der Waals surface area contributed by atoms with E-state index in [1.807, 2.05) is 0 Å². The number of alkyl halides is 6. The van der Waals surface area contributed by atoms with Crippen LogP contribution in [-0.4, -0.2) is 21.9 Å². The highest BCUT2D eigenvalue weighted by Crippen LogP contribution is 2.39. The summed E-state index contributed by atoms with van der Waals surface area (Å²) in [6.07, 6.45) is -3.89. The molecule has 0 N–H and O–H groups in total. The van der Waals surface area contributed by atoms with Gasteiger partial charge in [-0.25, -0.2) is 13.4 Å². The van der Waals surface area contributed by atoms with Crippen molar-refractivity contribution >= 4 is 56.2 Å². The fourth-order valence-electron chi connectivity index (χ4n) is 1.88. The molecule has 0 saturated carbocycles. The number of aryl methyl sites for hydroxylation is 1. The number of hydrogen-bond donors (Lipinski definition) is 0. The summed E-state index contributed by atoms with van der Waals surface area (Å²) in [6, 6.07) is 1.22. The molecule has 0 fully saturated rings. The van der Waals surface area contributed by atoms with Gasteiger partial charge in [0.05, 0.1) is 21.3 Å². The first-order valence-corrected chi connectivity index (χ1v) is 9.09. The molecular formula is C12H6Cl4F4N2O2S. The van der Waals surface area contributed by atoms with E-state index in [0.717, 1.165) is 10.8 Å². The number of nitrogens with zero attached hydrogens (tertiary/aromatic N) is 2. The number of hydrogen-bond acceptors (Lipinski definition) is 3. The van der Waals surface area contributed by atoms with Crippen LogP contribution < -0.4 is 0 Å². The van der Waals surface area contributed by atoms with Gasteiger partial charge < -0.3 is 0 Å². The van der Waals surface area contributed by atoms with Gasteiger partial charge in [-0.2, -0.15) is 17.6 Å². The zero-order valence-corrected chi connectivity index (χ0v) is 15.7. The monoisotopic (exact) mass is 458 g/mol. The van der Waals surface area contributed by atoms with E-state index in [2.05, 4.69) is 4.98 Å². The predicted octanol–water partition coefficient (Wildman–Crippen LogP) is 5.34. The summed E-state index contributed by atoms with van der Waals surface area (Å²) >= 11 is 21.7. The van der Waals surface area contributed by atoms with Gasteiger partial charge in [0.1, 0.15) is 5.82 Å². The van der Waals surface area contributed by atoms with Crippen molar-refractivity contribution in [2.24, 2.45) is 0 Å². The third-order valence-electron chi connectivity index (χ3n) is 3.03. The lowest BCUT2D eigenvalue weighted by Crippen LogP contribution is -2.21. The number of benzene rings is 1. The minimum atomic E-state index is -4.88. The Morgan fingerprint density at radius 2 is 1.56 bits per heavy atom. The molecule has 25 heavy (non-hydrogen) atoms. The van der Waals surface area contributed by atoms with Crippen LogP contribution in [0.4, 0.5) is 17.6 Å². The second-order valence-corrected chi connectivity index (χ2v) is 9.22. The van der Waals surface area contributed by atoms with Crippen molar-refractivity contribution in [3.8, 4) is 5.69 Å². The van der Waals surface area contributed by atoms with Crippen molar-refractivity contribution < 1.29 is 26.0 Å². The van der Waals surface area contributed by atoms with Gasteiger partial charge in [-0.3, -0.25) is 4.57 Å². The number of rotatable bonds is 3. The van der Waals surface area contributed by atoms with Gasteiger partial charge in [-0.1, -0.05) is 23.2 Å². The van der Waals surface area contributed by atoms with Gasteiger partial charge in [-0.15, -0.1) is 0 Å². The maximum absolute atomic E-state index is 13.5. The molecule has 0 radical (unpaired) electrons. The number of imidazole rings is 1. The van der Waals surface area contributed by atoms with E-state index < -0.39 is 40.6 Å². The van der Waals surface area contributed by atoms with Gasteiger partial charge in [-0.05, 0) is 42.3 Å². The van der Waals surface area contributed by atoms with E-state index in [4.69, 9.17) is 46.4 Å². The highest BCUT2D eigenvalue weighted by atomic mass is 35.5. The number of halogens is 8. The molecule has 1 aromatic heterocycles. The molecule has 0 spiro atoms. The predicted molar refractivity (Wildman–Crippen MR) is 86.1 cm³/mol. The molecule has 4 nitrogen and oxygen atoms in total. The highest BCUT2D eigenvalue weighted by molar-refractivity contribution is 7.95. The van der Waals surface area contributed by atoms with E-state index in [0.29, 0.717) is 12.1 Å². The minimum Gasteiger partial charge on any atom is -0.300 e. The fourth-order valence-corrected chi connectivity index (χ4v) is 3.76. The summed E-state index contributed by atoms with van der Waals surface area (Å²) in [7, 11) is -4.88. The molecule has 13 heteroatoms. The lowest BCUT2D eigenvalue weighted by molar-refractivity contribution is -0.137. The highest BCUT2D eigenvalue weighted by Gasteiger charge is 2.44. The number of sulfone groups is 1. The van der Waals surface area contributed by atoms with Gasteiger partial charge in [0.2, 0.25) is 0 Å². The van der Waals surface area contributed by atoms with Crippen LogP contribution >= 0.6 is 46.4 Å². The van der Waals surface area contributed by atoms with Crippen LogP contribution in [0.25, 0.3) is 5.69 Å². The zero-order chi connectivity index (χ0) is 19.4. The Labute approximate surface area is 159 Å². The summed E-state index contributed by atoms with van der Waals surface area (Å²) in [5.74, 6) is -0.0558. The average molecular weight is 460 g/mol. The van der Waals surface area contributed by atoms with E-state index in [1.165, 1.54) is 6.92 Å². The second-order valence-electron chi connectivity index (χ2n) is 4.73. The lowest BCUT2D eigenvalue weighted by atomic mass is 10.2. The van der Waals surface area contributed by atoms with Crippen LogP contribution in [0.1, 0.15) is 11.4 Å². The maximum Gasteiger partial charge on any atom is 0.416 e. The Morgan fingerprint density at radius 3 is 1.96 bits per heavy atom. The van der Waals surface area contributed by atoms with Gasteiger partial charge in [0, 0.05) is 6.20 Å². The molecule has 1 heterocycles. The van der Waals surface area contributed by atoms with Crippen LogP contribution in [0, 0.1) is 6.92 Å². The standard InChI is InChI=1S/C12H6Cl4F4N2O2S/c1-5-21-9(25(23,24)12(15,16)20)4-22(5)10-7(13)2-6(3-8(10)14)11(17,18)19/h2-4H,1H3. The summed E-state index contributed by atoms with van der Waals surface area (Å²) in [4.78, 5) is 3.61. The minimum absolute atomic E-state index is 0.0558. The first kappa shape index (κ1) is 20.6. The Hall–Kier alpha value is -0.740. The molecule has 0 unspecified atom stereocenters. The molecule has 0 aliphatic heterocycles. The topological polar surface area (TPSA) is 52.0 Å². The fraction of sp³-hybridized carbons (Fsp3) is 0.250. The molecule has 2 rings (SSSR count). The van der Waals surface area contributed by atoms with Crippen LogP contribution in [0.3, 0.4) is 0 Å². The van der Waals surface area contributed by atoms with Crippen molar-refractivity contribution in [1.29, 1.82) is 0 Å². The third-order valence-corrected chi connectivity index (χ3v) is 6.18. The second kappa shape index (κ2) is 6.45. The molecule has 2 aromatic rings. The van der Waals surface area contributed by atoms with Crippen molar-refractivity contribution in [3.05, 3.63) is 39.8 Å². The summed E-state index contributed by atoms with van der Waals surface area (Å²) in [6.45, 7) is 1.30. The molecule has 138 valence electrons. The average Bonchev–Trinajstić information content (AvgIpc) is 2.78. The summed E-state index contributed by atoms with van der Waals surface area (Å²) in [5, 5.41) is -1.69. The third kappa shape index (κ3) is 3.85. The van der Waals surface area contributed by atoms with Crippen LogP contribution in [0.2, 0.25) is 10.0 Å².